The Balaban J connectivity index is 0. The van der Waals surface area contributed by atoms with Crippen LogP contribution in [0.4, 0.5) is 0 Å². The van der Waals surface area contributed by atoms with E-state index in [4.69, 9.17) is 0 Å². The van der Waals surface area contributed by atoms with E-state index in [1.807, 2.05) is 0 Å². The summed E-state index contributed by atoms with van der Waals surface area (Å²) < 4.78 is 0. The average molecular weight is 215 g/mol. The van der Waals surface area contributed by atoms with Crippen molar-refractivity contribution in [3.05, 3.63) is 0 Å². The summed E-state index contributed by atoms with van der Waals surface area (Å²) in [5, 5.41) is 0. The molecular formula is C13H29NO. The molecule has 2 N–H and O–H groups in total. The van der Waals surface area contributed by atoms with Gasteiger partial charge in [-0.05, 0) is 24.3 Å². The Kier molecular flexibility index (Phi) is 6.41. The quantitative estimate of drug-likeness (QED) is 0.719. The monoisotopic (exact) mass is 215 g/mol. The van der Waals surface area contributed by atoms with Crippen molar-refractivity contribution in [1.82, 2.24) is 0 Å². The van der Waals surface area contributed by atoms with E-state index in [0.717, 1.165) is 12.7 Å². The maximum absolute atomic E-state index is 11.2. The maximum Gasteiger partial charge on any atom is 0.126 e. The largest absolute Gasteiger partial charge is 0.333 e. The van der Waals surface area contributed by atoms with Crippen molar-refractivity contribution in [1.29, 1.82) is 0 Å². The number of hydrogen-bond acceptors (Lipinski definition) is 2. The van der Waals surface area contributed by atoms with Crippen LogP contribution in [-0.2, 0) is 4.79 Å². The highest BCUT2D eigenvalue weighted by atomic mass is 16.1. The fourth-order valence-corrected chi connectivity index (χ4v) is 1.59. The third kappa shape index (κ3) is 5.93. The predicted molar refractivity (Wildman–Crippen MR) is 67.8 cm³/mol. The molecule has 0 aliphatic carbocycles. The Morgan fingerprint density at radius 1 is 0.933 bits per heavy atom. The molecule has 0 heterocycles. The van der Waals surface area contributed by atoms with Crippen LogP contribution >= 0.6 is 0 Å². The lowest BCUT2D eigenvalue weighted by atomic mass is 9.62. The van der Waals surface area contributed by atoms with E-state index in [9.17, 15) is 4.79 Å². The molecular weight excluding hydrogens is 186 g/mol. The number of nitrogens with two attached hydrogens (primary N) is 1. The van der Waals surface area contributed by atoms with E-state index in [2.05, 4.69) is 54.2 Å². The minimum absolute atomic E-state index is 0.0437. The van der Waals surface area contributed by atoms with Crippen molar-refractivity contribution in [2.45, 2.75) is 54.9 Å². The van der Waals surface area contributed by atoms with Crippen molar-refractivity contribution >= 4 is 6.29 Å². The number of rotatable bonds is 2. The normalized spacial score (nSPS) is 16.1. The van der Waals surface area contributed by atoms with Gasteiger partial charge in [0, 0.05) is 5.41 Å². The molecule has 1 atom stereocenters. The summed E-state index contributed by atoms with van der Waals surface area (Å²) in [4.78, 5) is 11.2. The third-order valence-corrected chi connectivity index (χ3v) is 2.87. The van der Waals surface area contributed by atoms with Crippen LogP contribution in [-0.4, -0.2) is 13.3 Å². The van der Waals surface area contributed by atoms with Gasteiger partial charge in [0.25, 0.3) is 0 Å². The van der Waals surface area contributed by atoms with Crippen molar-refractivity contribution in [3.63, 3.8) is 0 Å². The van der Waals surface area contributed by atoms with Gasteiger partial charge in [0.1, 0.15) is 6.29 Å². The lowest BCUT2D eigenvalue weighted by molar-refractivity contribution is -0.123. The molecule has 0 amide bonds. The summed E-state index contributed by atoms with van der Waals surface area (Å²) in [6, 6.07) is 0. The van der Waals surface area contributed by atoms with E-state index in [1.165, 1.54) is 7.05 Å². The number of carbonyl (C=O) groups is 1. The summed E-state index contributed by atoms with van der Waals surface area (Å²) in [5.41, 5.74) is 4.54. The molecule has 0 aliphatic rings. The maximum atomic E-state index is 11.2. The molecule has 0 aliphatic heterocycles. The summed E-state index contributed by atoms with van der Waals surface area (Å²) in [7, 11) is 1.50. The first-order valence-corrected chi connectivity index (χ1v) is 5.56. The molecule has 92 valence electrons. The van der Waals surface area contributed by atoms with Gasteiger partial charge < -0.3 is 10.5 Å². The minimum Gasteiger partial charge on any atom is -0.333 e. The Hall–Kier alpha value is -0.370. The third-order valence-electron chi connectivity index (χ3n) is 2.87. The molecule has 0 aromatic carbocycles. The van der Waals surface area contributed by atoms with Crippen molar-refractivity contribution in [2.24, 2.45) is 22.0 Å². The Morgan fingerprint density at radius 3 is 1.33 bits per heavy atom. The van der Waals surface area contributed by atoms with Crippen LogP contribution in [0.3, 0.4) is 0 Å². The Labute approximate surface area is 95.6 Å². The Bertz CT molecular complexity index is 186. The zero-order valence-corrected chi connectivity index (χ0v) is 11.8. The predicted octanol–water partition coefficient (Wildman–Crippen LogP) is 3.25. The van der Waals surface area contributed by atoms with E-state index < -0.39 is 0 Å². The first-order chi connectivity index (χ1) is 6.52. The minimum atomic E-state index is -0.217. The smallest absolute Gasteiger partial charge is 0.126 e. The average Bonchev–Trinajstić information content (AvgIpc) is 2.03. The van der Waals surface area contributed by atoms with Gasteiger partial charge in [-0.2, -0.15) is 0 Å². The standard InChI is InChI=1S/C12H24O.CH5N/c1-10(2,3)8-12(7,9-13)11(4,5)6;1-2/h9H,8H2,1-7H3;2H2,1H3. The zero-order chi connectivity index (χ0) is 12.9. The highest BCUT2D eigenvalue weighted by Crippen LogP contribution is 2.44. The summed E-state index contributed by atoms with van der Waals surface area (Å²) >= 11 is 0. The van der Waals surface area contributed by atoms with Crippen LogP contribution < -0.4 is 5.73 Å². The summed E-state index contributed by atoms with van der Waals surface area (Å²) in [5.74, 6) is 0. The molecule has 0 spiro atoms. The molecule has 0 radical (unpaired) electrons. The second-order valence-corrected chi connectivity index (χ2v) is 6.52. The van der Waals surface area contributed by atoms with E-state index >= 15 is 0 Å². The van der Waals surface area contributed by atoms with E-state index in [1.54, 1.807) is 0 Å². The van der Waals surface area contributed by atoms with Crippen LogP contribution in [0.25, 0.3) is 0 Å². The second kappa shape index (κ2) is 5.64. The van der Waals surface area contributed by atoms with Crippen LogP contribution in [0.15, 0.2) is 0 Å². The van der Waals surface area contributed by atoms with Gasteiger partial charge in [-0.15, -0.1) is 0 Å². The molecule has 0 fully saturated rings. The Morgan fingerprint density at radius 2 is 1.27 bits per heavy atom. The van der Waals surface area contributed by atoms with Gasteiger partial charge in [-0.3, -0.25) is 0 Å². The summed E-state index contributed by atoms with van der Waals surface area (Å²) in [6.07, 6.45) is 2.06. The van der Waals surface area contributed by atoms with Crippen LogP contribution in [0.2, 0.25) is 0 Å². The van der Waals surface area contributed by atoms with Crippen LogP contribution in [0.1, 0.15) is 54.9 Å². The SMILES string of the molecule is CC(C)(C)CC(C)(C=O)C(C)(C)C.CN. The molecule has 0 bridgehead atoms. The van der Waals surface area contributed by atoms with Crippen LogP contribution in [0.5, 0.6) is 0 Å². The lowest BCUT2D eigenvalue weighted by Gasteiger charge is -2.41. The van der Waals surface area contributed by atoms with E-state index in [-0.39, 0.29) is 16.2 Å². The first-order valence-electron chi connectivity index (χ1n) is 5.56. The number of aldehydes is 1. The van der Waals surface area contributed by atoms with Crippen LogP contribution in [0, 0.1) is 16.2 Å². The molecule has 0 rings (SSSR count). The zero-order valence-electron chi connectivity index (χ0n) is 11.8. The molecule has 1 unspecified atom stereocenters. The molecule has 2 nitrogen and oxygen atoms in total. The highest BCUT2D eigenvalue weighted by molar-refractivity contribution is 5.60. The fourth-order valence-electron chi connectivity index (χ4n) is 1.59. The number of carbonyl (C=O) groups excluding carboxylic acids is 1. The molecule has 15 heavy (non-hydrogen) atoms. The lowest BCUT2D eigenvalue weighted by Crippen LogP contribution is -2.37. The molecule has 0 saturated heterocycles. The summed E-state index contributed by atoms with van der Waals surface area (Å²) in [6.45, 7) is 15.0. The highest BCUT2D eigenvalue weighted by Gasteiger charge is 2.40. The van der Waals surface area contributed by atoms with Crippen molar-refractivity contribution in [2.75, 3.05) is 7.05 Å². The van der Waals surface area contributed by atoms with Gasteiger partial charge in [-0.1, -0.05) is 48.5 Å². The van der Waals surface area contributed by atoms with Gasteiger partial charge in [-0.25, -0.2) is 0 Å². The second-order valence-electron chi connectivity index (χ2n) is 6.52. The number of hydrogen-bond donors (Lipinski definition) is 1. The fraction of sp³-hybridized carbons (Fsp3) is 0.923. The van der Waals surface area contributed by atoms with Gasteiger partial charge in [0.15, 0.2) is 0 Å². The van der Waals surface area contributed by atoms with Gasteiger partial charge in [0.2, 0.25) is 0 Å². The van der Waals surface area contributed by atoms with Gasteiger partial charge >= 0.3 is 0 Å². The molecule has 0 aromatic rings. The van der Waals surface area contributed by atoms with Crippen molar-refractivity contribution < 1.29 is 4.79 Å². The van der Waals surface area contributed by atoms with Crippen molar-refractivity contribution in [3.8, 4) is 0 Å². The first kappa shape index (κ1) is 17.0. The molecule has 2 heteroatoms. The molecule has 0 saturated carbocycles. The van der Waals surface area contributed by atoms with E-state index in [0.29, 0.717) is 0 Å². The van der Waals surface area contributed by atoms with Gasteiger partial charge in [0.05, 0.1) is 0 Å². The topological polar surface area (TPSA) is 43.1 Å². The molecule has 0 aromatic heterocycles.